The number of nitrogens with one attached hydrogen (secondary N) is 1. The summed E-state index contributed by atoms with van der Waals surface area (Å²) < 4.78 is 5.43. The van der Waals surface area contributed by atoms with Crippen LogP contribution in [0.3, 0.4) is 0 Å². The number of nitrogens with two attached hydrogens (primary N) is 1. The van der Waals surface area contributed by atoms with E-state index >= 15 is 0 Å². The number of rotatable bonds is 3. The summed E-state index contributed by atoms with van der Waals surface area (Å²) in [6, 6.07) is 9.18. The number of halogens is 1. The fourth-order valence-electron chi connectivity index (χ4n) is 3.60. The molecule has 0 saturated carbocycles. The fourth-order valence-corrected chi connectivity index (χ4v) is 3.82. The monoisotopic (exact) mass is 474 g/mol. The molecule has 3 aromatic rings. The second-order valence-corrected chi connectivity index (χ2v) is 8.98. The van der Waals surface area contributed by atoms with Crippen molar-refractivity contribution in [1.82, 2.24) is 9.97 Å². The minimum absolute atomic E-state index is 0. The van der Waals surface area contributed by atoms with Gasteiger partial charge in [0.25, 0.3) is 0 Å². The van der Waals surface area contributed by atoms with Crippen LogP contribution >= 0.6 is 11.6 Å². The summed E-state index contributed by atoms with van der Waals surface area (Å²) in [4.78, 5) is 21.3. The van der Waals surface area contributed by atoms with Crippen molar-refractivity contribution in [3.8, 4) is 0 Å². The number of carbonyl (C=O) groups is 1. The van der Waals surface area contributed by atoms with E-state index in [1.54, 1.807) is 18.3 Å². The Bertz CT molecular complexity index is 1140. The molecule has 3 N–H and O–H groups in total. The first-order chi connectivity index (χ1) is 13.5. The standard InChI is InChI=1S/C22H23ClN4O2.Zn/c1-21(2)10-17-12(20(28)29-21)5-8-18(26-17)27-19-9-13-14(11-25-19)16(23)7-6-15(13)22(3,4)24;/h5-9,11H,10,24H2,1-4H3,(H,25,26,27);. The number of pyridine rings is 2. The predicted molar refractivity (Wildman–Crippen MR) is 115 cm³/mol. The van der Waals surface area contributed by atoms with Gasteiger partial charge in [0.1, 0.15) is 17.2 Å². The number of cyclic esters (lactones) is 1. The summed E-state index contributed by atoms with van der Waals surface area (Å²) in [5.74, 6) is 0.885. The third kappa shape index (κ3) is 4.34. The number of esters is 1. The first kappa shape index (κ1) is 22.6. The van der Waals surface area contributed by atoms with Crippen molar-refractivity contribution in [2.75, 3.05) is 5.32 Å². The van der Waals surface area contributed by atoms with E-state index < -0.39 is 11.1 Å². The number of ether oxygens (including phenoxy) is 1. The van der Waals surface area contributed by atoms with Crippen LogP contribution in [-0.4, -0.2) is 21.5 Å². The number of hydrogen-bond donors (Lipinski definition) is 2. The van der Waals surface area contributed by atoms with Gasteiger partial charge in [-0.2, -0.15) is 0 Å². The van der Waals surface area contributed by atoms with Gasteiger partial charge in [-0.25, -0.2) is 14.8 Å². The Balaban J connectivity index is 0.00000256. The molecule has 0 amide bonds. The average Bonchev–Trinajstić information content (AvgIpc) is 2.59. The zero-order chi connectivity index (χ0) is 21.0. The molecular formula is C22H23ClN4O2Zn. The van der Waals surface area contributed by atoms with Crippen molar-refractivity contribution in [3.05, 3.63) is 58.4 Å². The molecule has 30 heavy (non-hydrogen) atoms. The Morgan fingerprint density at radius 1 is 1.17 bits per heavy atom. The number of fused-ring (bicyclic) bond motifs is 2. The minimum atomic E-state index is -0.574. The van der Waals surface area contributed by atoms with Crippen LogP contribution in [0.25, 0.3) is 10.8 Å². The summed E-state index contributed by atoms with van der Waals surface area (Å²) >= 11 is 6.35. The SMILES string of the molecule is CC1(C)Cc2nc(Nc3cc4c(C(C)(C)N)ccc(Cl)c4cn3)ccc2C(=O)O1.[Zn]. The minimum Gasteiger partial charge on any atom is -0.456 e. The van der Waals surface area contributed by atoms with E-state index in [1.165, 1.54) is 0 Å². The normalized spacial score (nSPS) is 15.2. The predicted octanol–water partition coefficient (Wildman–Crippen LogP) is 4.71. The first-order valence-electron chi connectivity index (χ1n) is 9.41. The molecule has 0 spiro atoms. The molecule has 0 fully saturated rings. The third-order valence-corrected chi connectivity index (χ3v) is 5.28. The van der Waals surface area contributed by atoms with Crippen LogP contribution in [0.5, 0.6) is 0 Å². The first-order valence-corrected chi connectivity index (χ1v) is 9.79. The van der Waals surface area contributed by atoms with Gasteiger partial charge in [-0.05, 0) is 62.9 Å². The molecule has 6 nitrogen and oxygen atoms in total. The van der Waals surface area contributed by atoms with Crippen LogP contribution in [0.1, 0.15) is 49.3 Å². The maximum atomic E-state index is 12.2. The average molecular weight is 476 g/mol. The van der Waals surface area contributed by atoms with Crippen molar-refractivity contribution in [1.29, 1.82) is 0 Å². The molecule has 0 bridgehead atoms. The van der Waals surface area contributed by atoms with Crippen LogP contribution < -0.4 is 11.1 Å². The number of hydrogen-bond acceptors (Lipinski definition) is 6. The number of nitrogens with zero attached hydrogens (tertiary/aromatic N) is 2. The van der Waals surface area contributed by atoms with E-state index in [2.05, 4.69) is 15.3 Å². The maximum absolute atomic E-state index is 12.2. The van der Waals surface area contributed by atoms with E-state index in [4.69, 9.17) is 22.1 Å². The molecule has 0 unspecified atom stereocenters. The number of carbonyl (C=O) groups excluding carboxylic acids is 1. The van der Waals surface area contributed by atoms with Crippen molar-refractivity contribution >= 4 is 40.0 Å². The topological polar surface area (TPSA) is 90.1 Å². The van der Waals surface area contributed by atoms with Crippen LogP contribution in [-0.2, 0) is 36.2 Å². The van der Waals surface area contributed by atoms with Crippen LogP contribution in [0.4, 0.5) is 11.6 Å². The number of anilines is 2. The van der Waals surface area contributed by atoms with E-state index in [9.17, 15) is 4.79 Å². The molecule has 3 heterocycles. The molecule has 0 radical (unpaired) electrons. The van der Waals surface area contributed by atoms with Gasteiger partial charge >= 0.3 is 5.97 Å². The number of benzene rings is 1. The Labute approximate surface area is 193 Å². The summed E-state index contributed by atoms with van der Waals surface area (Å²) in [5, 5.41) is 5.63. The molecule has 1 aromatic carbocycles. The molecule has 152 valence electrons. The van der Waals surface area contributed by atoms with Crippen LogP contribution in [0.2, 0.25) is 5.02 Å². The van der Waals surface area contributed by atoms with Gasteiger partial charge in [0.05, 0.1) is 11.3 Å². The molecule has 0 saturated heterocycles. The number of aromatic nitrogens is 2. The second-order valence-electron chi connectivity index (χ2n) is 8.57. The van der Waals surface area contributed by atoms with Gasteiger partial charge in [-0.15, -0.1) is 0 Å². The van der Waals surface area contributed by atoms with E-state index in [1.807, 2.05) is 45.9 Å². The Morgan fingerprint density at radius 2 is 1.90 bits per heavy atom. The summed E-state index contributed by atoms with van der Waals surface area (Å²) in [7, 11) is 0. The Morgan fingerprint density at radius 3 is 2.60 bits per heavy atom. The van der Waals surface area contributed by atoms with Crippen LogP contribution in [0.15, 0.2) is 36.5 Å². The third-order valence-electron chi connectivity index (χ3n) is 4.95. The van der Waals surface area contributed by atoms with Gasteiger partial charge in [-0.3, -0.25) is 0 Å². The van der Waals surface area contributed by atoms with Gasteiger partial charge in [0, 0.05) is 48.0 Å². The molecule has 4 rings (SSSR count). The fraction of sp³-hybridized carbons (Fsp3) is 0.318. The van der Waals surface area contributed by atoms with Crippen molar-refractivity contribution in [3.63, 3.8) is 0 Å². The van der Waals surface area contributed by atoms with Crippen molar-refractivity contribution < 1.29 is 29.0 Å². The smallest absolute Gasteiger partial charge is 0.340 e. The zero-order valence-electron chi connectivity index (χ0n) is 17.5. The van der Waals surface area contributed by atoms with E-state index in [0.29, 0.717) is 34.3 Å². The van der Waals surface area contributed by atoms with Crippen molar-refractivity contribution in [2.24, 2.45) is 5.73 Å². The zero-order valence-corrected chi connectivity index (χ0v) is 21.3. The Hall–Kier alpha value is -2.08. The van der Waals surface area contributed by atoms with Gasteiger partial charge in [0.2, 0.25) is 0 Å². The van der Waals surface area contributed by atoms with E-state index in [-0.39, 0.29) is 25.4 Å². The largest absolute Gasteiger partial charge is 0.456 e. The molecule has 0 aliphatic carbocycles. The second kappa shape index (κ2) is 7.88. The quantitative estimate of drug-likeness (QED) is 0.421. The Kier molecular flexibility index (Phi) is 5.94. The van der Waals surface area contributed by atoms with E-state index in [0.717, 1.165) is 16.3 Å². The van der Waals surface area contributed by atoms with Gasteiger partial charge < -0.3 is 15.8 Å². The summed E-state index contributed by atoms with van der Waals surface area (Å²) in [6.07, 6.45) is 2.28. The maximum Gasteiger partial charge on any atom is 0.340 e. The van der Waals surface area contributed by atoms with Gasteiger partial charge in [-0.1, -0.05) is 17.7 Å². The molecular weight excluding hydrogens is 453 g/mol. The van der Waals surface area contributed by atoms with Gasteiger partial charge in [0.15, 0.2) is 0 Å². The van der Waals surface area contributed by atoms with Crippen molar-refractivity contribution in [2.45, 2.75) is 45.3 Å². The molecule has 8 heteroatoms. The van der Waals surface area contributed by atoms with Crippen LogP contribution in [0, 0.1) is 0 Å². The summed E-state index contributed by atoms with van der Waals surface area (Å²) in [5.41, 5.74) is 7.44. The molecule has 0 atom stereocenters. The molecule has 1 aliphatic rings. The molecule has 1 aliphatic heterocycles. The molecule has 2 aromatic heterocycles. The summed E-state index contributed by atoms with van der Waals surface area (Å²) in [6.45, 7) is 7.66.